The molecule has 3 aromatic rings. The number of piperidine rings is 1. The van der Waals surface area contributed by atoms with Gasteiger partial charge in [-0.2, -0.15) is 4.98 Å². The molecule has 3 heterocycles. The van der Waals surface area contributed by atoms with E-state index in [4.69, 9.17) is 4.52 Å². The normalized spacial score (nSPS) is 17.1. The van der Waals surface area contributed by atoms with Crippen LogP contribution >= 0.6 is 0 Å². The number of nitrogens with zero attached hydrogens (tertiary/aromatic N) is 4. The predicted molar refractivity (Wildman–Crippen MR) is 91.8 cm³/mol. The largest absolute Gasteiger partial charge is 0.338 e. The molecule has 0 radical (unpaired) electrons. The van der Waals surface area contributed by atoms with Crippen LogP contribution < -0.4 is 0 Å². The lowest BCUT2D eigenvalue weighted by Crippen LogP contribution is -2.39. The Labute approximate surface area is 153 Å². The maximum Gasteiger partial charge on any atom is 0.276 e. The summed E-state index contributed by atoms with van der Waals surface area (Å²) in [6.07, 6.45) is 3.12. The van der Waals surface area contributed by atoms with Gasteiger partial charge in [-0.3, -0.25) is 9.78 Å². The standard InChI is InChI=1S/C19H16F2N4O2/c20-14-7-3-6-13(16(14)21)19(26)25-10-4-5-12(11-25)17-23-18(27-24-17)15-8-1-2-9-22-15/h1-3,6-9,12H,4-5,10-11H2. The maximum absolute atomic E-state index is 13.9. The van der Waals surface area contributed by atoms with Crippen molar-refractivity contribution in [3.05, 3.63) is 65.6 Å². The van der Waals surface area contributed by atoms with Gasteiger partial charge in [-0.25, -0.2) is 8.78 Å². The first kappa shape index (κ1) is 17.3. The van der Waals surface area contributed by atoms with E-state index in [1.165, 1.54) is 17.0 Å². The molecule has 1 saturated heterocycles. The summed E-state index contributed by atoms with van der Waals surface area (Å²) in [6.45, 7) is 0.784. The van der Waals surface area contributed by atoms with Gasteiger partial charge in [0, 0.05) is 25.2 Å². The molecule has 0 aliphatic carbocycles. The van der Waals surface area contributed by atoms with Gasteiger partial charge < -0.3 is 9.42 Å². The molecule has 27 heavy (non-hydrogen) atoms. The van der Waals surface area contributed by atoms with Gasteiger partial charge in [0.05, 0.1) is 5.56 Å². The first-order valence-corrected chi connectivity index (χ1v) is 8.62. The van der Waals surface area contributed by atoms with Gasteiger partial charge in [0.1, 0.15) is 5.69 Å². The molecule has 0 saturated carbocycles. The average molecular weight is 370 g/mol. The number of rotatable bonds is 3. The van der Waals surface area contributed by atoms with Crippen molar-refractivity contribution in [2.24, 2.45) is 0 Å². The Hall–Kier alpha value is -3.16. The van der Waals surface area contributed by atoms with Crippen molar-refractivity contribution in [2.75, 3.05) is 13.1 Å². The first-order chi connectivity index (χ1) is 13.1. The third-order valence-corrected chi connectivity index (χ3v) is 4.58. The van der Waals surface area contributed by atoms with Crippen LogP contribution in [-0.2, 0) is 0 Å². The van der Waals surface area contributed by atoms with E-state index in [9.17, 15) is 13.6 Å². The van der Waals surface area contributed by atoms with Crippen LogP contribution in [0.2, 0.25) is 0 Å². The molecule has 1 aliphatic heterocycles. The number of hydrogen-bond donors (Lipinski definition) is 0. The van der Waals surface area contributed by atoms with E-state index in [1.807, 2.05) is 6.07 Å². The quantitative estimate of drug-likeness (QED) is 0.706. The average Bonchev–Trinajstić information content (AvgIpc) is 3.21. The Morgan fingerprint density at radius 1 is 1.19 bits per heavy atom. The molecule has 0 N–H and O–H groups in total. The minimum absolute atomic E-state index is 0.138. The molecular weight excluding hydrogens is 354 g/mol. The zero-order valence-corrected chi connectivity index (χ0v) is 14.3. The summed E-state index contributed by atoms with van der Waals surface area (Å²) in [4.78, 5) is 22.7. The van der Waals surface area contributed by atoms with E-state index in [1.54, 1.807) is 18.3 Å². The monoisotopic (exact) mass is 370 g/mol. The summed E-state index contributed by atoms with van der Waals surface area (Å²) in [6, 6.07) is 8.98. The lowest BCUT2D eigenvalue weighted by molar-refractivity contribution is 0.0697. The zero-order valence-electron chi connectivity index (χ0n) is 14.3. The van der Waals surface area contributed by atoms with Crippen LogP contribution in [0.5, 0.6) is 0 Å². The second-order valence-electron chi connectivity index (χ2n) is 6.36. The summed E-state index contributed by atoms with van der Waals surface area (Å²) in [5, 5.41) is 4.02. The highest BCUT2D eigenvalue weighted by Crippen LogP contribution is 2.28. The third kappa shape index (κ3) is 3.42. The van der Waals surface area contributed by atoms with Gasteiger partial charge in [0.2, 0.25) is 0 Å². The molecule has 1 fully saturated rings. The highest BCUT2D eigenvalue weighted by molar-refractivity contribution is 5.94. The van der Waals surface area contributed by atoms with Crippen molar-refractivity contribution >= 4 is 5.91 Å². The molecule has 1 aromatic carbocycles. The van der Waals surface area contributed by atoms with Gasteiger partial charge >= 0.3 is 0 Å². The van der Waals surface area contributed by atoms with Crippen LogP contribution in [0.3, 0.4) is 0 Å². The zero-order chi connectivity index (χ0) is 18.8. The van der Waals surface area contributed by atoms with Crippen molar-refractivity contribution in [2.45, 2.75) is 18.8 Å². The molecule has 4 rings (SSSR count). The number of amides is 1. The fraction of sp³-hybridized carbons (Fsp3) is 0.263. The number of pyridine rings is 1. The number of benzene rings is 1. The van der Waals surface area contributed by atoms with Crippen LogP contribution in [0.1, 0.15) is 34.9 Å². The third-order valence-electron chi connectivity index (χ3n) is 4.58. The number of hydrogen-bond acceptors (Lipinski definition) is 5. The Bertz CT molecular complexity index is 961. The Morgan fingerprint density at radius 2 is 2.07 bits per heavy atom. The van der Waals surface area contributed by atoms with Gasteiger partial charge in [-0.15, -0.1) is 0 Å². The van der Waals surface area contributed by atoms with Gasteiger partial charge in [0.25, 0.3) is 11.8 Å². The van der Waals surface area contributed by atoms with Crippen LogP contribution in [0.25, 0.3) is 11.6 Å². The van der Waals surface area contributed by atoms with E-state index < -0.39 is 17.5 Å². The number of carbonyl (C=O) groups is 1. The van der Waals surface area contributed by atoms with Crippen molar-refractivity contribution in [1.82, 2.24) is 20.0 Å². The molecule has 0 bridgehead atoms. The molecule has 1 aliphatic rings. The van der Waals surface area contributed by atoms with Crippen LogP contribution in [-0.4, -0.2) is 39.0 Å². The lowest BCUT2D eigenvalue weighted by atomic mass is 9.96. The van der Waals surface area contributed by atoms with Crippen molar-refractivity contribution in [3.8, 4) is 11.6 Å². The molecule has 138 valence electrons. The fourth-order valence-corrected chi connectivity index (χ4v) is 3.21. The topological polar surface area (TPSA) is 72.1 Å². The molecule has 1 unspecified atom stereocenters. The predicted octanol–water partition coefficient (Wildman–Crippen LogP) is 3.43. The molecule has 2 aromatic heterocycles. The van der Waals surface area contributed by atoms with Gasteiger partial charge in [-0.05, 0) is 37.1 Å². The number of likely N-dealkylation sites (tertiary alicyclic amines) is 1. The lowest BCUT2D eigenvalue weighted by Gasteiger charge is -2.31. The summed E-state index contributed by atoms with van der Waals surface area (Å²) in [5.41, 5.74) is 0.305. The van der Waals surface area contributed by atoms with Crippen molar-refractivity contribution < 1.29 is 18.1 Å². The molecule has 8 heteroatoms. The van der Waals surface area contributed by atoms with Crippen molar-refractivity contribution in [3.63, 3.8) is 0 Å². The van der Waals surface area contributed by atoms with Crippen molar-refractivity contribution in [1.29, 1.82) is 0 Å². The van der Waals surface area contributed by atoms with E-state index in [-0.39, 0.29) is 11.5 Å². The molecule has 0 spiro atoms. The number of halogens is 2. The van der Waals surface area contributed by atoms with Gasteiger partial charge in [-0.1, -0.05) is 17.3 Å². The highest BCUT2D eigenvalue weighted by atomic mass is 19.2. The number of carbonyl (C=O) groups excluding carboxylic acids is 1. The SMILES string of the molecule is O=C(c1cccc(F)c1F)N1CCCC(c2noc(-c3ccccn3)n2)C1. The van der Waals surface area contributed by atoms with E-state index in [0.29, 0.717) is 36.9 Å². The molecule has 1 atom stereocenters. The Morgan fingerprint density at radius 3 is 2.89 bits per heavy atom. The fourth-order valence-electron chi connectivity index (χ4n) is 3.21. The smallest absolute Gasteiger partial charge is 0.276 e. The van der Waals surface area contributed by atoms with E-state index in [0.717, 1.165) is 12.5 Å². The Kier molecular flexibility index (Phi) is 4.62. The van der Waals surface area contributed by atoms with E-state index >= 15 is 0 Å². The summed E-state index contributed by atoms with van der Waals surface area (Å²) < 4.78 is 32.7. The van der Waals surface area contributed by atoms with Crippen LogP contribution in [0, 0.1) is 11.6 Å². The second-order valence-corrected chi connectivity index (χ2v) is 6.36. The second kappa shape index (κ2) is 7.22. The molecule has 1 amide bonds. The minimum Gasteiger partial charge on any atom is -0.338 e. The van der Waals surface area contributed by atoms with E-state index in [2.05, 4.69) is 15.1 Å². The maximum atomic E-state index is 13.9. The minimum atomic E-state index is -1.12. The number of aromatic nitrogens is 3. The molecular formula is C19H16F2N4O2. The van der Waals surface area contributed by atoms with Crippen LogP contribution in [0.4, 0.5) is 8.78 Å². The summed E-state index contributed by atoms with van der Waals surface area (Å²) in [7, 11) is 0. The summed E-state index contributed by atoms with van der Waals surface area (Å²) in [5.74, 6) is -2.04. The first-order valence-electron chi connectivity index (χ1n) is 8.62. The van der Waals surface area contributed by atoms with Crippen LogP contribution in [0.15, 0.2) is 47.1 Å². The van der Waals surface area contributed by atoms with Gasteiger partial charge in [0.15, 0.2) is 17.5 Å². The summed E-state index contributed by atoms with van der Waals surface area (Å²) >= 11 is 0. The Balaban J connectivity index is 1.52. The molecule has 6 nitrogen and oxygen atoms in total. The highest BCUT2D eigenvalue weighted by Gasteiger charge is 2.30.